The Hall–Kier alpha value is -2.34. The van der Waals surface area contributed by atoms with E-state index in [0.29, 0.717) is 0 Å². The van der Waals surface area contributed by atoms with Crippen LogP contribution in [0, 0.1) is 0 Å². The average Bonchev–Trinajstić information content (AvgIpc) is 3.42. The van der Waals surface area contributed by atoms with E-state index in [1.54, 1.807) is 6.20 Å². The fourth-order valence-corrected chi connectivity index (χ4v) is 3.81. The molecule has 6 nitrogen and oxygen atoms in total. The zero-order valence-corrected chi connectivity index (χ0v) is 17.4. The number of nitrogens with one attached hydrogen (secondary N) is 2. The lowest BCUT2D eigenvalue weighted by atomic mass is 10.1. The van der Waals surface area contributed by atoms with Gasteiger partial charge in [0.1, 0.15) is 0 Å². The summed E-state index contributed by atoms with van der Waals surface area (Å²) in [6, 6.07) is 11.3. The van der Waals surface area contributed by atoms with Crippen LogP contribution >= 0.6 is 0 Å². The van der Waals surface area contributed by atoms with Crippen molar-refractivity contribution in [1.29, 1.82) is 0 Å². The highest BCUT2D eigenvalue weighted by Crippen LogP contribution is 2.22. The number of guanidine groups is 1. The summed E-state index contributed by atoms with van der Waals surface area (Å²) in [5.41, 5.74) is 2.28. The second-order valence-corrected chi connectivity index (χ2v) is 7.59. The smallest absolute Gasteiger partial charge is 0.191 e. The molecule has 3 rings (SSSR count). The SMILES string of the molecule is CCNC(=NCCN(C)C1CCCC1)NC(C)c1cccc(-n2cccn2)c1. The molecular formula is C22H34N6. The van der Waals surface area contributed by atoms with Crippen molar-refractivity contribution in [3.8, 4) is 5.69 Å². The third-order valence-electron chi connectivity index (χ3n) is 5.51. The van der Waals surface area contributed by atoms with Crippen molar-refractivity contribution >= 4 is 5.96 Å². The van der Waals surface area contributed by atoms with Crippen LogP contribution in [0.15, 0.2) is 47.7 Å². The largest absolute Gasteiger partial charge is 0.357 e. The third kappa shape index (κ3) is 5.58. The fourth-order valence-electron chi connectivity index (χ4n) is 3.81. The molecular weight excluding hydrogens is 348 g/mol. The standard InChI is InChI=1S/C22H34N6/c1-4-23-22(24-14-16-27(3)20-10-5-6-11-20)26-18(2)19-9-7-12-21(17-19)28-15-8-13-25-28/h7-9,12-13,15,17-18,20H,4-6,10-11,14,16H2,1-3H3,(H2,23,24,26). The number of hydrogen-bond donors (Lipinski definition) is 2. The molecule has 2 N–H and O–H groups in total. The number of aliphatic imine (C=N–C) groups is 1. The quantitative estimate of drug-likeness (QED) is 0.543. The van der Waals surface area contributed by atoms with E-state index in [2.05, 4.69) is 65.8 Å². The molecule has 152 valence electrons. The first-order chi connectivity index (χ1) is 13.7. The minimum absolute atomic E-state index is 0.154. The normalized spacial score (nSPS) is 16.5. The lowest BCUT2D eigenvalue weighted by Crippen LogP contribution is -2.39. The maximum absolute atomic E-state index is 4.80. The van der Waals surface area contributed by atoms with E-state index in [4.69, 9.17) is 4.99 Å². The lowest BCUT2D eigenvalue weighted by Gasteiger charge is -2.23. The van der Waals surface area contributed by atoms with Gasteiger partial charge in [-0.1, -0.05) is 25.0 Å². The summed E-state index contributed by atoms with van der Waals surface area (Å²) in [7, 11) is 2.23. The summed E-state index contributed by atoms with van der Waals surface area (Å²) >= 11 is 0. The molecule has 28 heavy (non-hydrogen) atoms. The van der Waals surface area contributed by atoms with E-state index in [1.165, 1.54) is 31.2 Å². The maximum Gasteiger partial charge on any atom is 0.191 e. The van der Waals surface area contributed by atoms with Gasteiger partial charge in [0.05, 0.1) is 18.3 Å². The Morgan fingerprint density at radius 2 is 2.14 bits per heavy atom. The zero-order chi connectivity index (χ0) is 19.8. The second-order valence-electron chi connectivity index (χ2n) is 7.59. The molecule has 1 fully saturated rings. The molecule has 0 radical (unpaired) electrons. The van der Waals surface area contributed by atoms with Gasteiger partial charge in [-0.15, -0.1) is 0 Å². The van der Waals surface area contributed by atoms with Crippen molar-refractivity contribution in [2.45, 2.75) is 51.6 Å². The first kappa shape index (κ1) is 20.4. The molecule has 1 aliphatic rings. The monoisotopic (exact) mass is 382 g/mol. The molecule has 1 saturated carbocycles. The van der Waals surface area contributed by atoms with Gasteiger partial charge in [0.15, 0.2) is 5.96 Å². The summed E-state index contributed by atoms with van der Waals surface area (Å²) < 4.78 is 1.88. The summed E-state index contributed by atoms with van der Waals surface area (Å²) in [4.78, 5) is 7.27. The molecule has 1 aromatic heterocycles. The van der Waals surface area contributed by atoms with Gasteiger partial charge >= 0.3 is 0 Å². The predicted molar refractivity (Wildman–Crippen MR) is 116 cm³/mol. The Morgan fingerprint density at radius 3 is 2.86 bits per heavy atom. The summed E-state index contributed by atoms with van der Waals surface area (Å²) in [6.45, 7) is 6.93. The highest BCUT2D eigenvalue weighted by atomic mass is 15.3. The molecule has 0 spiro atoms. The van der Waals surface area contributed by atoms with Crippen LogP contribution in [0.2, 0.25) is 0 Å². The van der Waals surface area contributed by atoms with Gasteiger partial charge in [0.2, 0.25) is 0 Å². The van der Waals surface area contributed by atoms with Gasteiger partial charge < -0.3 is 15.5 Å². The summed E-state index contributed by atoms with van der Waals surface area (Å²) in [5.74, 6) is 0.874. The fraction of sp³-hybridized carbons (Fsp3) is 0.545. The van der Waals surface area contributed by atoms with Crippen molar-refractivity contribution in [3.63, 3.8) is 0 Å². The number of hydrogen-bond acceptors (Lipinski definition) is 3. The van der Waals surface area contributed by atoms with E-state index >= 15 is 0 Å². The van der Waals surface area contributed by atoms with Crippen LogP contribution < -0.4 is 10.6 Å². The van der Waals surface area contributed by atoms with Crippen molar-refractivity contribution in [2.75, 3.05) is 26.7 Å². The van der Waals surface area contributed by atoms with Crippen molar-refractivity contribution in [1.82, 2.24) is 25.3 Å². The molecule has 1 aromatic carbocycles. The molecule has 1 aliphatic carbocycles. The third-order valence-corrected chi connectivity index (χ3v) is 5.51. The Labute approximate surface area is 169 Å². The molecule has 6 heteroatoms. The number of benzene rings is 1. The minimum Gasteiger partial charge on any atom is -0.357 e. The van der Waals surface area contributed by atoms with E-state index in [-0.39, 0.29) is 6.04 Å². The zero-order valence-electron chi connectivity index (χ0n) is 17.4. The first-order valence-corrected chi connectivity index (χ1v) is 10.5. The number of aromatic nitrogens is 2. The van der Waals surface area contributed by atoms with Crippen LogP contribution in [0.4, 0.5) is 0 Å². The molecule has 0 amide bonds. The second kappa shape index (κ2) is 10.3. The van der Waals surface area contributed by atoms with E-state index in [9.17, 15) is 0 Å². The molecule has 1 atom stereocenters. The van der Waals surface area contributed by atoms with Crippen molar-refractivity contribution in [3.05, 3.63) is 48.3 Å². The highest BCUT2D eigenvalue weighted by Gasteiger charge is 2.18. The minimum atomic E-state index is 0.154. The topological polar surface area (TPSA) is 57.5 Å². The Bertz CT molecular complexity index is 733. The molecule has 0 aliphatic heterocycles. The molecule has 2 aromatic rings. The Balaban J connectivity index is 1.59. The van der Waals surface area contributed by atoms with Crippen molar-refractivity contribution in [2.24, 2.45) is 4.99 Å². The summed E-state index contributed by atoms with van der Waals surface area (Å²) in [5, 5.41) is 11.2. The molecule has 0 saturated heterocycles. The number of likely N-dealkylation sites (N-methyl/N-ethyl adjacent to an activating group) is 1. The first-order valence-electron chi connectivity index (χ1n) is 10.5. The highest BCUT2D eigenvalue weighted by molar-refractivity contribution is 5.80. The van der Waals surface area contributed by atoms with Gasteiger partial charge in [-0.25, -0.2) is 4.68 Å². The van der Waals surface area contributed by atoms with Gasteiger partial charge in [0.25, 0.3) is 0 Å². The molecule has 0 bridgehead atoms. The van der Waals surface area contributed by atoms with Gasteiger partial charge in [-0.2, -0.15) is 5.10 Å². The van der Waals surface area contributed by atoms with Crippen molar-refractivity contribution < 1.29 is 0 Å². The van der Waals surface area contributed by atoms with Gasteiger partial charge in [-0.3, -0.25) is 4.99 Å². The molecule has 1 heterocycles. The number of rotatable bonds is 8. The van der Waals surface area contributed by atoms with Crippen LogP contribution in [0.5, 0.6) is 0 Å². The van der Waals surface area contributed by atoms with Crippen LogP contribution in [0.1, 0.15) is 51.1 Å². The van der Waals surface area contributed by atoms with E-state index < -0.39 is 0 Å². The van der Waals surface area contributed by atoms with Gasteiger partial charge in [-0.05, 0) is 57.5 Å². The number of nitrogens with zero attached hydrogens (tertiary/aromatic N) is 4. The average molecular weight is 383 g/mol. The summed E-state index contributed by atoms with van der Waals surface area (Å²) in [6.07, 6.45) is 9.18. The van der Waals surface area contributed by atoms with Crippen LogP contribution in [0.25, 0.3) is 5.69 Å². The molecule has 1 unspecified atom stereocenters. The van der Waals surface area contributed by atoms with Crippen LogP contribution in [0.3, 0.4) is 0 Å². The predicted octanol–water partition coefficient (Wildman–Crippen LogP) is 3.36. The van der Waals surface area contributed by atoms with Crippen LogP contribution in [-0.4, -0.2) is 53.4 Å². The van der Waals surface area contributed by atoms with E-state index in [0.717, 1.165) is 37.3 Å². The van der Waals surface area contributed by atoms with E-state index in [1.807, 2.05) is 16.9 Å². The Morgan fingerprint density at radius 1 is 1.32 bits per heavy atom. The maximum atomic E-state index is 4.80. The van der Waals surface area contributed by atoms with Crippen LogP contribution in [-0.2, 0) is 0 Å². The van der Waals surface area contributed by atoms with Gasteiger partial charge in [0, 0.05) is 31.5 Å². The Kier molecular flexibility index (Phi) is 7.48. The lowest BCUT2D eigenvalue weighted by molar-refractivity contribution is 0.252.